The van der Waals surface area contributed by atoms with E-state index in [-0.39, 0.29) is 16.8 Å². The van der Waals surface area contributed by atoms with Gasteiger partial charge < -0.3 is 5.32 Å². The van der Waals surface area contributed by atoms with E-state index in [4.69, 9.17) is 23.2 Å². The van der Waals surface area contributed by atoms with E-state index in [0.29, 0.717) is 17.5 Å². The Hall–Kier alpha value is -0.800. The van der Waals surface area contributed by atoms with Crippen molar-refractivity contribution in [3.05, 3.63) is 28.0 Å². The number of hydrogen-bond acceptors (Lipinski definition) is 2. The third kappa shape index (κ3) is 3.33. The Balaban J connectivity index is 1.96. The molecule has 1 atom stereocenters. The lowest BCUT2D eigenvalue weighted by Gasteiger charge is -2.11. The summed E-state index contributed by atoms with van der Waals surface area (Å²) in [5.41, 5.74) is 0.196. The van der Waals surface area contributed by atoms with E-state index in [1.165, 1.54) is 12.8 Å². The van der Waals surface area contributed by atoms with Crippen LogP contribution < -0.4 is 5.32 Å². The number of carbonyl (C=O) groups excluding carboxylic acids is 1. The van der Waals surface area contributed by atoms with Gasteiger partial charge in [0.1, 0.15) is 10.8 Å². The summed E-state index contributed by atoms with van der Waals surface area (Å²) in [6.07, 6.45) is 2.54. The van der Waals surface area contributed by atoms with Crippen LogP contribution >= 0.6 is 23.2 Å². The Morgan fingerprint density at radius 1 is 1.53 bits per heavy atom. The molecule has 3 nitrogen and oxygen atoms in total. The first-order valence-electron chi connectivity index (χ1n) is 5.68. The first-order valence-corrected chi connectivity index (χ1v) is 6.43. The summed E-state index contributed by atoms with van der Waals surface area (Å²) in [6, 6.07) is 3.14. The molecular formula is C12H14Cl2N2O. The van der Waals surface area contributed by atoms with Gasteiger partial charge in [-0.25, -0.2) is 4.98 Å². The van der Waals surface area contributed by atoms with E-state index >= 15 is 0 Å². The fraction of sp³-hybridized carbons (Fsp3) is 0.500. The first kappa shape index (κ1) is 12.7. The van der Waals surface area contributed by atoms with Crippen molar-refractivity contribution in [3.8, 4) is 0 Å². The molecule has 5 heteroatoms. The van der Waals surface area contributed by atoms with Crippen LogP contribution in [0.2, 0.25) is 10.2 Å². The van der Waals surface area contributed by atoms with Crippen molar-refractivity contribution in [3.63, 3.8) is 0 Å². The topological polar surface area (TPSA) is 42.0 Å². The summed E-state index contributed by atoms with van der Waals surface area (Å²) in [5.74, 6) is 1.01. The number of nitrogens with one attached hydrogen (secondary N) is 1. The minimum Gasteiger partial charge on any atom is -0.350 e. The van der Waals surface area contributed by atoms with Crippen LogP contribution in [-0.2, 0) is 0 Å². The third-order valence-corrected chi connectivity index (χ3v) is 3.55. The van der Waals surface area contributed by atoms with Crippen LogP contribution in [0.4, 0.5) is 0 Å². The zero-order chi connectivity index (χ0) is 12.4. The average molecular weight is 273 g/mol. The molecule has 1 aromatic rings. The second-order valence-electron chi connectivity index (χ2n) is 4.49. The highest BCUT2D eigenvalue weighted by molar-refractivity contribution is 6.34. The number of pyridine rings is 1. The van der Waals surface area contributed by atoms with Gasteiger partial charge in [0.15, 0.2) is 0 Å². The molecule has 0 radical (unpaired) electrons. The van der Waals surface area contributed by atoms with E-state index < -0.39 is 0 Å². The van der Waals surface area contributed by atoms with Crippen molar-refractivity contribution < 1.29 is 4.79 Å². The Morgan fingerprint density at radius 2 is 2.24 bits per heavy atom. The van der Waals surface area contributed by atoms with Gasteiger partial charge in [0.25, 0.3) is 5.91 Å². The highest BCUT2D eigenvalue weighted by Gasteiger charge is 2.28. The fourth-order valence-electron chi connectivity index (χ4n) is 1.75. The normalized spacial score (nSPS) is 16.6. The molecule has 0 spiro atoms. The van der Waals surface area contributed by atoms with Crippen LogP contribution in [0.15, 0.2) is 12.1 Å². The molecule has 0 aromatic carbocycles. The predicted octanol–water partition coefficient (Wildman–Crippen LogP) is 3.16. The van der Waals surface area contributed by atoms with Crippen molar-refractivity contribution in [1.29, 1.82) is 0 Å². The molecule has 1 aliphatic rings. The predicted molar refractivity (Wildman–Crippen MR) is 68.5 cm³/mol. The molecule has 1 unspecified atom stereocenters. The molecule has 2 rings (SSSR count). The van der Waals surface area contributed by atoms with Crippen LogP contribution in [0.1, 0.15) is 30.3 Å². The molecule has 1 amide bonds. The lowest BCUT2D eigenvalue weighted by Crippen LogP contribution is -2.29. The Morgan fingerprint density at radius 3 is 2.88 bits per heavy atom. The second-order valence-corrected chi connectivity index (χ2v) is 5.28. The molecular weight excluding hydrogens is 259 g/mol. The van der Waals surface area contributed by atoms with Crippen molar-refractivity contribution in [2.75, 3.05) is 6.54 Å². The molecule has 17 heavy (non-hydrogen) atoms. The minimum absolute atomic E-state index is 0.196. The SMILES string of the molecule is CC(CNC(=O)c1nc(Cl)ccc1Cl)C1CC1. The van der Waals surface area contributed by atoms with Crippen molar-refractivity contribution >= 4 is 29.1 Å². The minimum atomic E-state index is -0.259. The van der Waals surface area contributed by atoms with Crippen LogP contribution in [0.5, 0.6) is 0 Å². The van der Waals surface area contributed by atoms with E-state index in [0.717, 1.165) is 5.92 Å². The van der Waals surface area contributed by atoms with Gasteiger partial charge in [0, 0.05) is 6.54 Å². The van der Waals surface area contributed by atoms with Crippen LogP contribution in [0.25, 0.3) is 0 Å². The van der Waals surface area contributed by atoms with Gasteiger partial charge >= 0.3 is 0 Å². The van der Waals surface area contributed by atoms with E-state index in [1.807, 2.05) is 0 Å². The molecule has 1 heterocycles. The third-order valence-electron chi connectivity index (χ3n) is 3.04. The maximum absolute atomic E-state index is 11.8. The number of carbonyl (C=O) groups is 1. The number of rotatable bonds is 4. The highest BCUT2D eigenvalue weighted by Crippen LogP contribution is 2.36. The molecule has 1 N–H and O–H groups in total. The summed E-state index contributed by atoms with van der Waals surface area (Å²) in [4.78, 5) is 15.8. The number of aromatic nitrogens is 1. The summed E-state index contributed by atoms with van der Waals surface area (Å²) in [5, 5.41) is 3.44. The van der Waals surface area contributed by atoms with Crippen molar-refractivity contribution in [1.82, 2.24) is 10.3 Å². The maximum Gasteiger partial charge on any atom is 0.271 e. The Kier molecular flexibility index (Phi) is 3.89. The molecule has 92 valence electrons. The molecule has 1 fully saturated rings. The van der Waals surface area contributed by atoms with E-state index in [2.05, 4.69) is 17.2 Å². The van der Waals surface area contributed by atoms with Gasteiger partial charge in [-0.2, -0.15) is 0 Å². The fourth-order valence-corrected chi connectivity index (χ4v) is 2.09. The van der Waals surface area contributed by atoms with Crippen molar-refractivity contribution in [2.45, 2.75) is 19.8 Å². The summed E-state index contributed by atoms with van der Waals surface area (Å²) in [6.45, 7) is 2.80. The van der Waals surface area contributed by atoms with Crippen LogP contribution in [0.3, 0.4) is 0 Å². The highest BCUT2D eigenvalue weighted by atomic mass is 35.5. The molecule has 0 bridgehead atoms. The molecule has 0 saturated heterocycles. The average Bonchev–Trinajstić information content (AvgIpc) is 3.12. The van der Waals surface area contributed by atoms with Gasteiger partial charge in [-0.3, -0.25) is 4.79 Å². The number of amides is 1. The zero-order valence-electron chi connectivity index (χ0n) is 9.54. The molecule has 1 saturated carbocycles. The zero-order valence-corrected chi connectivity index (χ0v) is 11.1. The lowest BCUT2D eigenvalue weighted by molar-refractivity contribution is 0.0942. The van der Waals surface area contributed by atoms with Gasteiger partial charge in [0.2, 0.25) is 0 Å². The monoisotopic (exact) mass is 272 g/mol. The number of nitrogens with zero attached hydrogens (tertiary/aromatic N) is 1. The van der Waals surface area contributed by atoms with Gasteiger partial charge in [-0.05, 0) is 36.8 Å². The quantitative estimate of drug-likeness (QED) is 0.856. The second kappa shape index (κ2) is 5.23. The smallest absolute Gasteiger partial charge is 0.271 e. The summed E-state index contributed by atoms with van der Waals surface area (Å²) in [7, 11) is 0. The number of halogens is 2. The Bertz CT molecular complexity index is 433. The van der Waals surface area contributed by atoms with E-state index in [9.17, 15) is 4.79 Å². The van der Waals surface area contributed by atoms with Gasteiger partial charge in [-0.1, -0.05) is 30.1 Å². The molecule has 1 aliphatic carbocycles. The number of hydrogen-bond donors (Lipinski definition) is 1. The van der Waals surface area contributed by atoms with Crippen LogP contribution in [0, 0.1) is 11.8 Å². The van der Waals surface area contributed by atoms with Crippen molar-refractivity contribution in [2.24, 2.45) is 11.8 Å². The first-order chi connectivity index (χ1) is 8.08. The Labute approximate surface area is 111 Å². The summed E-state index contributed by atoms with van der Waals surface area (Å²) >= 11 is 11.6. The van der Waals surface area contributed by atoms with Crippen LogP contribution in [-0.4, -0.2) is 17.4 Å². The standard InChI is InChI=1S/C12H14Cl2N2O/c1-7(8-2-3-8)6-15-12(17)11-9(13)4-5-10(14)16-11/h4-5,7-8H,2-3,6H2,1H3,(H,15,17). The maximum atomic E-state index is 11.8. The largest absolute Gasteiger partial charge is 0.350 e. The molecule has 0 aliphatic heterocycles. The lowest BCUT2D eigenvalue weighted by atomic mass is 10.1. The van der Waals surface area contributed by atoms with Gasteiger partial charge in [-0.15, -0.1) is 0 Å². The van der Waals surface area contributed by atoms with E-state index in [1.54, 1.807) is 12.1 Å². The summed E-state index contributed by atoms with van der Waals surface area (Å²) < 4.78 is 0. The van der Waals surface area contributed by atoms with Gasteiger partial charge in [0.05, 0.1) is 5.02 Å². The molecule has 1 aromatic heterocycles.